The van der Waals surface area contributed by atoms with E-state index in [2.05, 4.69) is 21.2 Å². The summed E-state index contributed by atoms with van der Waals surface area (Å²) in [6.45, 7) is 0. The zero-order valence-electron chi connectivity index (χ0n) is 10.2. The van der Waals surface area contributed by atoms with Gasteiger partial charge >= 0.3 is 0 Å². The van der Waals surface area contributed by atoms with Crippen LogP contribution in [-0.2, 0) is 14.8 Å². The van der Waals surface area contributed by atoms with Crippen LogP contribution in [0.2, 0.25) is 0 Å². The number of carbonyl (C=O) groups excluding carboxylic acids is 1. The molecule has 0 heterocycles. The molecular formula is C12H15BrN2O3S. The molecule has 2 rings (SSSR count). The maximum Gasteiger partial charge on any atom is 0.239 e. The molecule has 19 heavy (non-hydrogen) atoms. The summed E-state index contributed by atoms with van der Waals surface area (Å²) in [4.78, 5) is 11.9. The predicted octanol–water partition coefficient (Wildman–Crippen LogP) is 2.23. The van der Waals surface area contributed by atoms with E-state index < -0.39 is 10.0 Å². The number of anilines is 1. The number of rotatable bonds is 3. The second-order valence-corrected chi connectivity index (χ2v) is 7.05. The Balaban J connectivity index is 2.14. The molecule has 1 fully saturated rings. The van der Waals surface area contributed by atoms with Crippen LogP contribution >= 0.6 is 15.9 Å². The molecule has 1 saturated carbocycles. The molecule has 7 heteroatoms. The van der Waals surface area contributed by atoms with Crippen LogP contribution in [0.25, 0.3) is 0 Å². The number of primary sulfonamides is 1. The van der Waals surface area contributed by atoms with Crippen molar-refractivity contribution in [2.45, 2.75) is 30.6 Å². The molecule has 0 radical (unpaired) electrons. The van der Waals surface area contributed by atoms with Crippen molar-refractivity contribution in [3.05, 3.63) is 22.7 Å². The summed E-state index contributed by atoms with van der Waals surface area (Å²) < 4.78 is 22.9. The second-order valence-electron chi connectivity index (χ2n) is 4.66. The topological polar surface area (TPSA) is 89.3 Å². The zero-order valence-corrected chi connectivity index (χ0v) is 12.6. The fourth-order valence-corrected chi connectivity index (χ4v) is 3.89. The molecule has 0 aromatic heterocycles. The minimum absolute atomic E-state index is 0.00589. The van der Waals surface area contributed by atoms with E-state index in [1.165, 1.54) is 12.1 Å². The van der Waals surface area contributed by atoms with E-state index in [1.807, 2.05) is 0 Å². The van der Waals surface area contributed by atoms with Crippen LogP contribution in [0.4, 0.5) is 5.69 Å². The molecular weight excluding hydrogens is 332 g/mol. The van der Waals surface area contributed by atoms with Gasteiger partial charge in [0.05, 0.1) is 4.90 Å². The third-order valence-electron chi connectivity index (χ3n) is 3.23. The van der Waals surface area contributed by atoms with Crippen molar-refractivity contribution in [1.82, 2.24) is 0 Å². The van der Waals surface area contributed by atoms with Gasteiger partial charge in [0, 0.05) is 16.1 Å². The van der Waals surface area contributed by atoms with Crippen molar-refractivity contribution >= 4 is 37.5 Å². The maximum absolute atomic E-state index is 11.9. The highest BCUT2D eigenvalue weighted by Gasteiger charge is 2.23. The van der Waals surface area contributed by atoms with Gasteiger partial charge in [0.2, 0.25) is 15.9 Å². The Labute approximate surface area is 120 Å². The first-order valence-electron chi connectivity index (χ1n) is 6.01. The first-order chi connectivity index (χ1) is 8.88. The van der Waals surface area contributed by atoms with E-state index >= 15 is 0 Å². The van der Waals surface area contributed by atoms with Crippen molar-refractivity contribution < 1.29 is 13.2 Å². The van der Waals surface area contributed by atoms with Crippen molar-refractivity contribution in [1.29, 1.82) is 0 Å². The van der Waals surface area contributed by atoms with Crippen LogP contribution in [0.1, 0.15) is 25.7 Å². The fraction of sp³-hybridized carbons (Fsp3) is 0.417. The van der Waals surface area contributed by atoms with Crippen LogP contribution in [0, 0.1) is 5.92 Å². The number of nitrogens with one attached hydrogen (secondary N) is 1. The zero-order chi connectivity index (χ0) is 14.0. The lowest BCUT2D eigenvalue weighted by atomic mass is 10.1. The Morgan fingerprint density at radius 1 is 1.32 bits per heavy atom. The summed E-state index contributed by atoms with van der Waals surface area (Å²) in [6, 6.07) is 4.47. The van der Waals surface area contributed by atoms with Gasteiger partial charge < -0.3 is 5.32 Å². The maximum atomic E-state index is 11.9. The quantitative estimate of drug-likeness (QED) is 0.879. The van der Waals surface area contributed by atoms with E-state index in [1.54, 1.807) is 6.07 Å². The molecule has 104 valence electrons. The van der Waals surface area contributed by atoms with Crippen LogP contribution in [-0.4, -0.2) is 14.3 Å². The van der Waals surface area contributed by atoms with Crippen LogP contribution < -0.4 is 10.5 Å². The van der Waals surface area contributed by atoms with Crippen molar-refractivity contribution in [2.75, 3.05) is 5.32 Å². The monoisotopic (exact) mass is 346 g/mol. The van der Waals surface area contributed by atoms with Gasteiger partial charge in [-0.1, -0.05) is 12.8 Å². The van der Waals surface area contributed by atoms with E-state index in [-0.39, 0.29) is 16.7 Å². The second kappa shape index (κ2) is 5.60. The van der Waals surface area contributed by atoms with Gasteiger partial charge in [0.1, 0.15) is 0 Å². The molecule has 1 aromatic carbocycles. The molecule has 0 spiro atoms. The van der Waals surface area contributed by atoms with Crippen molar-refractivity contribution in [3.8, 4) is 0 Å². The number of benzene rings is 1. The van der Waals surface area contributed by atoms with Gasteiger partial charge in [0.25, 0.3) is 0 Å². The molecule has 1 aliphatic carbocycles. The highest BCUT2D eigenvalue weighted by Crippen LogP contribution is 2.28. The van der Waals surface area contributed by atoms with Gasteiger partial charge in [-0.25, -0.2) is 13.6 Å². The first kappa shape index (κ1) is 14.5. The Kier molecular flexibility index (Phi) is 4.27. The molecule has 0 aliphatic heterocycles. The third-order valence-corrected chi connectivity index (χ3v) is 5.12. The standard InChI is InChI=1S/C12H15BrN2O3S/c13-10-7-9(5-6-11(10)19(14,17)18)15-12(16)8-3-1-2-4-8/h5-8H,1-4H2,(H,15,16)(H2,14,17,18). The molecule has 0 saturated heterocycles. The summed E-state index contributed by atoms with van der Waals surface area (Å²) in [5.41, 5.74) is 0.566. The number of halogens is 1. The van der Waals surface area contributed by atoms with E-state index in [4.69, 9.17) is 5.14 Å². The summed E-state index contributed by atoms with van der Waals surface area (Å²) >= 11 is 3.15. The Morgan fingerprint density at radius 3 is 2.47 bits per heavy atom. The van der Waals surface area contributed by atoms with Gasteiger partial charge in [-0.05, 0) is 47.0 Å². The van der Waals surface area contributed by atoms with E-state index in [0.717, 1.165) is 25.7 Å². The first-order valence-corrected chi connectivity index (χ1v) is 8.35. The average molecular weight is 347 g/mol. The number of carbonyl (C=O) groups is 1. The molecule has 0 atom stereocenters. The summed E-state index contributed by atoms with van der Waals surface area (Å²) in [7, 11) is -3.75. The number of hydrogen-bond acceptors (Lipinski definition) is 3. The minimum Gasteiger partial charge on any atom is -0.326 e. The SMILES string of the molecule is NS(=O)(=O)c1ccc(NC(=O)C2CCCC2)cc1Br. The van der Waals surface area contributed by atoms with Crippen molar-refractivity contribution in [2.24, 2.45) is 11.1 Å². The number of nitrogens with two attached hydrogens (primary N) is 1. The summed E-state index contributed by atoms with van der Waals surface area (Å²) in [6.07, 6.45) is 4.02. The highest BCUT2D eigenvalue weighted by atomic mass is 79.9. The number of hydrogen-bond donors (Lipinski definition) is 2. The summed E-state index contributed by atoms with van der Waals surface area (Å²) in [5.74, 6) is 0.0597. The smallest absolute Gasteiger partial charge is 0.239 e. The molecule has 1 amide bonds. The fourth-order valence-electron chi connectivity index (χ4n) is 2.24. The Hall–Kier alpha value is -0.920. The normalized spacial score (nSPS) is 16.5. The molecule has 5 nitrogen and oxygen atoms in total. The number of amides is 1. The Bertz CT molecular complexity index is 595. The van der Waals surface area contributed by atoms with E-state index in [9.17, 15) is 13.2 Å². The molecule has 3 N–H and O–H groups in total. The molecule has 0 unspecified atom stereocenters. The molecule has 0 bridgehead atoms. The van der Waals surface area contributed by atoms with Gasteiger partial charge in [0.15, 0.2) is 0 Å². The predicted molar refractivity (Wildman–Crippen MR) is 76.1 cm³/mol. The largest absolute Gasteiger partial charge is 0.326 e. The minimum atomic E-state index is -3.75. The lowest BCUT2D eigenvalue weighted by Crippen LogP contribution is -2.20. The van der Waals surface area contributed by atoms with Gasteiger partial charge in [-0.2, -0.15) is 0 Å². The lowest BCUT2D eigenvalue weighted by Gasteiger charge is -2.11. The molecule has 1 aliphatic rings. The number of sulfonamides is 1. The molecule has 1 aromatic rings. The van der Waals surface area contributed by atoms with Gasteiger partial charge in [-0.15, -0.1) is 0 Å². The lowest BCUT2D eigenvalue weighted by molar-refractivity contribution is -0.119. The third kappa shape index (κ3) is 3.55. The van der Waals surface area contributed by atoms with E-state index in [0.29, 0.717) is 10.2 Å². The van der Waals surface area contributed by atoms with Crippen LogP contribution in [0.5, 0.6) is 0 Å². The summed E-state index contributed by atoms with van der Waals surface area (Å²) in [5, 5.41) is 7.86. The highest BCUT2D eigenvalue weighted by molar-refractivity contribution is 9.10. The Morgan fingerprint density at radius 2 is 1.95 bits per heavy atom. The van der Waals surface area contributed by atoms with Crippen LogP contribution in [0.3, 0.4) is 0 Å². The van der Waals surface area contributed by atoms with Crippen LogP contribution in [0.15, 0.2) is 27.6 Å². The van der Waals surface area contributed by atoms with Crippen molar-refractivity contribution in [3.63, 3.8) is 0 Å². The van der Waals surface area contributed by atoms with Gasteiger partial charge in [-0.3, -0.25) is 4.79 Å². The average Bonchev–Trinajstić information content (AvgIpc) is 2.80.